The van der Waals surface area contributed by atoms with Crippen LogP contribution in [-0.2, 0) is 0 Å². The van der Waals surface area contributed by atoms with Crippen LogP contribution in [0.4, 0.5) is 8.78 Å². The molecule has 0 bridgehead atoms. The highest BCUT2D eigenvalue weighted by molar-refractivity contribution is 4.74. The van der Waals surface area contributed by atoms with Crippen molar-refractivity contribution in [1.29, 1.82) is 0 Å². The minimum absolute atomic E-state index is 0.00667. The summed E-state index contributed by atoms with van der Waals surface area (Å²) < 4.78 is 24.3. The van der Waals surface area contributed by atoms with Gasteiger partial charge in [0.15, 0.2) is 0 Å². The zero-order chi connectivity index (χ0) is 9.68. The van der Waals surface area contributed by atoms with Gasteiger partial charge in [-0.3, -0.25) is 4.90 Å². The van der Waals surface area contributed by atoms with E-state index in [0.717, 1.165) is 25.7 Å². The summed E-state index contributed by atoms with van der Waals surface area (Å²) in [6.45, 7) is 0.521. The van der Waals surface area contributed by atoms with Gasteiger partial charge in [-0.05, 0) is 19.4 Å². The second-order valence-corrected chi connectivity index (χ2v) is 3.57. The number of aliphatic hydroxyl groups is 1. The lowest BCUT2D eigenvalue weighted by atomic mass is 10.1. The van der Waals surface area contributed by atoms with Gasteiger partial charge in [0, 0.05) is 6.04 Å². The molecule has 0 aromatic carbocycles. The first-order chi connectivity index (χ1) is 6.24. The summed E-state index contributed by atoms with van der Waals surface area (Å²) in [5.74, 6) is 0. The van der Waals surface area contributed by atoms with Crippen molar-refractivity contribution in [3.05, 3.63) is 0 Å². The van der Waals surface area contributed by atoms with Gasteiger partial charge in [-0.15, -0.1) is 0 Å². The van der Waals surface area contributed by atoms with Crippen molar-refractivity contribution in [3.8, 4) is 0 Å². The molecule has 1 aliphatic heterocycles. The van der Waals surface area contributed by atoms with Crippen LogP contribution >= 0.6 is 0 Å². The molecule has 0 spiro atoms. The molecule has 1 aliphatic rings. The van der Waals surface area contributed by atoms with Crippen molar-refractivity contribution in [1.82, 2.24) is 4.90 Å². The van der Waals surface area contributed by atoms with Gasteiger partial charge in [0.25, 0.3) is 6.43 Å². The molecule has 78 valence electrons. The van der Waals surface area contributed by atoms with E-state index in [9.17, 15) is 8.78 Å². The highest BCUT2D eigenvalue weighted by Crippen LogP contribution is 2.17. The fourth-order valence-electron chi connectivity index (χ4n) is 1.86. The smallest absolute Gasteiger partial charge is 0.251 e. The predicted octanol–water partition coefficient (Wildman–Crippen LogP) is 1.49. The number of hydrogen-bond acceptors (Lipinski definition) is 2. The van der Waals surface area contributed by atoms with Gasteiger partial charge < -0.3 is 5.11 Å². The third-order valence-corrected chi connectivity index (χ3v) is 2.58. The molecule has 1 rings (SSSR count). The summed E-state index contributed by atoms with van der Waals surface area (Å²) in [4.78, 5) is 1.72. The maximum Gasteiger partial charge on any atom is 0.251 e. The Morgan fingerprint density at radius 3 is 2.69 bits per heavy atom. The summed E-state index contributed by atoms with van der Waals surface area (Å²) in [5, 5.41) is 9.01. The molecule has 0 saturated carbocycles. The fraction of sp³-hybridized carbons (Fsp3) is 1.00. The van der Waals surface area contributed by atoms with Crippen molar-refractivity contribution in [2.24, 2.45) is 0 Å². The third kappa shape index (κ3) is 3.56. The van der Waals surface area contributed by atoms with E-state index in [4.69, 9.17) is 5.11 Å². The largest absolute Gasteiger partial charge is 0.395 e. The summed E-state index contributed by atoms with van der Waals surface area (Å²) in [5.41, 5.74) is 0. The molecule has 2 nitrogen and oxygen atoms in total. The number of nitrogens with zero attached hydrogens (tertiary/aromatic N) is 1. The molecule has 0 aromatic rings. The number of aliphatic hydroxyl groups excluding tert-OH is 1. The van der Waals surface area contributed by atoms with Crippen LogP contribution in [0, 0.1) is 0 Å². The number of rotatable bonds is 3. The molecular formula is C9H17F2NO. The predicted molar refractivity (Wildman–Crippen MR) is 46.9 cm³/mol. The van der Waals surface area contributed by atoms with Gasteiger partial charge in [-0.1, -0.05) is 12.8 Å². The van der Waals surface area contributed by atoms with Crippen molar-refractivity contribution >= 4 is 0 Å². The standard InChI is InChI=1S/C9H17F2NO/c10-9(11)6-12-5-3-1-2-4-8(12)7-13/h8-9,13H,1-7H2. The third-order valence-electron chi connectivity index (χ3n) is 2.58. The second kappa shape index (κ2) is 5.50. The van der Waals surface area contributed by atoms with Crippen LogP contribution in [0.1, 0.15) is 25.7 Å². The molecule has 0 amide bonds. The fourth-order valence-corrected chi connectivity index (χ4v) is 1.86. The van der Waals surface area contributed by atoms with Gasteiger partial charge in [-0.25, -0.2) is 8.78 Å². The minimum Gasteiger partial charge on any atom is -0.395 e. The molecule has 1 unspecified atom stereocenters. The molecule has 0 aliphatic carbocycles. The zero-order valence-corrected chi connectivity index (χ0v) is 7.75. The molecule has 1 heterocycles. The minimum atomic E-state index is -2.29. The van der Waals surface area contributed by atoms with Crippen LogP contribution in [0.5, 0.6) is 0 Å². The highest BCUT2D eigenvalue weighted by Gasteiger charge is 2.22. The molecular weight excluding hydrogens is 176 g/mol. The summed E-state index contributed by atoms with van der Waals surface area (Å²) in [6, 6.07) is -0.0449. The van der Waals surface area contributed by atoms with Gasteiger partial charge in [0.1, 0.15) is 0 Å². The Labute approximate surface area is 77.5 Å². The maximum absolute atomic E-state index is 12.1. The lowest BCUT2D eigenvalue weighted by molar-refractivity contribution is 0.0478. The number of likely N-dealkylation sites (tertiary alicyclic amines) is 1. The number of hydrogen-bond donors (Lipinski definition) is 1. The van der Waals surface area contributed by atoms with Crippen LogP contribution in [0.3, 0.4) is 0 Å². The highest BCUT2D eigenvalue weighted by atomic mass is 19.3. The normalized spacial score (nSPS) is 26.3. The van der Waals surface area contributed by atoms with Crippen LogP contribution in [0.2, 0.25) is 0 Å². The first kappa shape index (κ1) is 10.9. The van der Waals surface area contributed by atoms with E-state index in [0.29, 0.717) is 6.54 Å². The van der Waals surface area contributed by atoms with Gasteiger partial charge in [0.2, 0.25) is 0 Å². The Balaban J connectivity index is 2.44. The molecule has 4 heteroatoms. The topological polar surface area (TPSA) is 23.5 Å². The van der Waals surface area contributed by atoms with Crippen molar-refractivity contribution in [2.45, 2.75) is 38.2 Å². The van der Waals surface area contributed by atoms with Crippen LogP contribution in [-0.4, -0.2) is 42.2 Å². The van der Waals surface area contributed by atoms with E-state index in [1.807, 2.05) is 0 Å². The monoisotopic (exact) mass is 193 g/mol. The Hall–Kier alpha value is -0.220. The number of alkyl halides is 2. The van der Waals surface area contributed by atoms with E-state index in [-0.39, 0.29) is 19.2 Å². The van der Waals surface area contributed by atoms with Gasteiger partial charge >= 0.3 is 0 Å². The van der Waals surface area contributed by atoms with E-state index in [1.54, 1.807) is 4.90 Å². The second-order valence-electron chi connectivity index (χ2n) is 3.57. The molecule has 1 N–H and O–H groups in total. The summed E-state index contributed by atoms with van der Waals surface area (Å²) >= 11 is 0. The lowest BCUT2D eigenvalue weighted by Gasteiger charge is -2.27. The molecule has 1 atom stereocenters. The maximum atomic E-state index is 12.1. The Kier molecular flexibility index (Phi) is 4.59. The van der Waals surface area contributed by atoms with E-state index in [1.165, 1.54) is 0 Å². The van der Waals surface area contributed by atoms with Gasteiger partial charge in [-0.2, -0.15) is 0 Å². The SMILES string of the molecule is OCC1CCCCCN1CC(F)F. The lowest BCUT2D eigenvalue weighted by Crippen LogP contribution is -2.40. The van der Waals surface area contributed by atoms with E-state index in [2.05, 4.69) is 0 Å². The van der Waals surface area contributed by atoms with Crippen LogP contribution in [0.25, 0.3) is 0 Å². The zero-order valence-electron chi connectivity index (χ0n) is 7.75. The molecule has 1 fully saturated rings. The summed E-state index contributed by atoms with van der Waals surface area (Å²) in [7, 11) is 0. The molecule has 0 radical (unpaired) electrons. The van der Waals surface area contributed by atoms with Crippen LogP contribution < -0.4 is 0 Å². The Morgan fingerprint density at radius 2 is 2.08 bits per heavy atom. The van der Waals surface area contributed by atoms with Crippen LogP contribution in [0.15, 0.2) is 0 Å². The van der Waals surface area contributed by atoms with Crippen molar-refractivity contribution in [2.75, 3.05) is 19.7 Å². The van der Waals surface area contributed by atoms with Crippen molar-refractivity contribution in [3.63, 3.8) is 0 Å². The Bertz CT molecular complexity index is 144. The summed E-state index contributed by atoms with van der Waals surface area (Å²) in [6.07, 6.45) is 1.68. The molecule has 1 saturated heterocycles. The average molecular weight is 193 g/mol. The van der Waals surface area contributed by atoms with Gasteiger partial charge in [0.05, 0.1) is 13.2 Å². The average Bonchev–Trinajstić information content (AvgIpc) is 2.28. The Morgan fingerprint density at radius 1 is 1.31 bits per heavy atom. The molecule has 13 heavy (non-hydrogen) atoms. The number of halogens is 2. The quantitative estimate of drug-likeness (QED) is 0.734. The first-order valence-electron chi connectivity index (χ1n) is 4.87. The van der Waals surface area contributed by atoms with Crippen molar-refractivity contribution < 1.29 is 13.9 Å². The first-order valence-corrected chi connectivity index (χ1v) is 4.87. The van der Waals surface area contributed by atoms with E-state index >= 15 is 0 Å². The van der Waals surface area contributed by atoms with E-state index < -0.39 is 6.43 Å². The molecule has 0 aromatic heterocycles.